The third-order valence-electron chi connectivity index (χ3n) is 4.58. The van der Waals surface area contributed by atoms with Crippen molar-refractivity contribution in [2.75, 3.05) is 0 Å². The van der Waals surface area contributed by atoms with Crippen LogP contribution in [0.5, 0.6) is 5.75 Å². The van der Waals surface area contributed by atoms with E-state index < -0.39 is 6.10 Å². The van der Waals surface area contributed by atoms with E-state index in [0.29, 0.717) is 23.0 Å². The summed E-state index contributed by atoms with van der Waals surface area (Å²) in [4.78, 5) is 16.5. The van der Waals surface area contributed by atoms with Crippen LogP contribution < -0.4 is 5.56 Å². The maximum atomic E-state index is 11.6. The highest BCUT2D eigenvalue weighted by Crippen LogP contribution is 2.33. The van der Waals surface area contributed by atoms with Crippen LogP contribution in [0, 0.1) is 0 Å². The average molecular weight is 332 g/mol. The van der Waals surface area contributed by atoms with E-state index in [1.807, 2.05) is 0 Å². The van der Waals surface area contributed by atoms with Gasteiger partial charge in [0.15, 0.2) is 0 Å². The molecule has 2 unspecified atom stereocenters. The van der Waals surface area contributed by atoms with Gasteiger partial charge in [0.05, 0.1) is 11.6 Å². The molecular weight excluding hydrogens is 304 g/mol. The number of pyridine rings is 1. The van der Waals surface area contributed by atoms with Gasteiger partial charge in [0.25, 0.3) is 0 Å². The number of aliphatic hydroxyl groups excluding tert-OH is 1. The Bertz CT molecular complexity index is 744. The molecule has 0 fully saturated rings. The lowest BCUT2D eigenvalue weighted by atomic mass is 9.93. The zero-order valence-corrected chi connectivity index (χ0v) is 15.1. The van der Waals surface area contributed by atoms with Crippen LogP contribution in [0.2, 0.25) is 0 Å². The van der Waals surface area contributed by atoms with Gasteiger partial charge in [0.1, 0.15) is 5.75 Å². The second-order valence-corrected chi connectivity index (χ2v) is 6.84. The van der Waals surface area contributed by atoms with Crippen molar-refractivity contribution in [1.82, 2.24) is 9.88 Å². The standard InChI is InChI=1S/C19H28N2O3/c1-6-15(21(11(2)3)12(4)5)19(24)14-7-9-16(22)18-13(14)8-10-17(23)20-18/h7-12,15,19,22,24H,6H2,1-5H3,(H,20,23). The first kappa shape index (κ1) is 18.5. The van der Waals surface area contributed by atoms with E-state index in [1.165, 1.54) is 12.1 Å². The lowest BCUT2D eigenvalue weighted by Crippen LogP contribution is -2.47. The van der Waals surface area contributed by atoms with Crippen LogP contribution in [0.3, 0.4) is 0 Å². The molecule has 2 aromatic rings. The lowest BCUT2D eigenvalue weighted by Gasteiger charge is -2.40. The molecule has 1 aromatic carbocycles. The number of benzene rings is 1. The minimum absolute atomic E-state index is 0.0104. The van der Waals surface area contributed by atoms with Crippen LogP contribution in [0.15, 0.2) is 29.1 Å². The van der Waals surface area contributed by atoms with Crippen molar-refractivity contribution in [3.8, 4) is 5.75 Å². The number of phenolic OH excluding ortho intramolecular Hbond substituents is 1. The van der Waals surface area contributed by atoms with E-state index in [1.54, 1.807) is 12.1 Å². The second kappa shape index (κ2) is 7.36. The Kier molecular flexibility index (Phi) is 5.67. The number of H-pyrrole nitrogens is 1. The Labute approximate surface area is 142 Å². The van der Waals surface area contributed by atoms with Gasteiger partial charge in [0, 0.05) is 29.6 Å². The van der Waals surface area contributed by atoms with Crippen molar-refractivity contribution >= 4 is 10.9 Å². The zero-order valence-electron chi connectivity index (χ0n) is 15.1. The molecule has 0 aliphatic carbocycles. The van der Waals surface area contributed by atoms with Crippen LogP contribution in [0.25, 0.3) is 10.9 Å². The molecule has 0 amide bonds. The van der Waals surface area contributed by atoms with Gasteiger partial charge in [-0.15, -0.1) is 0 Å². The Morgan fingerprint density at radius 2 is 1.71 bits per heavy atom. The number of hydrogen-bond donors (Lipinski definition) is 3. The van der Waals surface area contributed by atoms with Crippen LogP contribution in [-0.4, -0.2) is 38.2 Å². The van der Waals surface area contributed by atoms with Gasteiger partial charge in [-0.25, -0.2) is 0 Å². The monoisotopic (exact) mass is 332 g/mol. The SMILES string of the molecule is CCC(C(O)c1ccc(O)c2[nH]c(=O)ccc12)N(C(C)C)C(C)C. The molecule has 0 aliphatic rings. The summed E-state index contributed by atoms with van der Waals surface area (Å²) in [5.41, 5.74) is 0.814. The third-order valence-corrected chi connectivity index (χ3v) is 4.58. The van der Waals surface area contributed by atoms with Crippen molar-refractivity contribution in [2.24, 2.45) is 0 Å². The highest BCUT2D eigenvalue weighted by molar-refractivity contribution is 5.87. The topological polar surface area (TPSA) is 76.6 Å². The fraction of sp³-hybridized carbons (Fsp3) is 0.526. The predicted octanol–water partition coefficient (Wildman–Crippen LogP) is 3.16. The number of aromatic amines is 1. The number of nitrogens with one attached hydrogen (secondary N) is 1. The number of aromatic nitrogens is 1. The Balaban J connectivity index is 2.55. The summed E-state index contributed by atoms with van der Waals surface area (Å²) in [5.74, 6) is 0.0104. The quantitative estimate of drug-likeness (QED) is 0.759. The minimum Gasteiger partial charge on any atom is -0.506 e. The van der Waals surface area contributed by atoms with Crippen LogP contribution in [0.4, 0.5) is 0 Å². The third kappa shape index (κ3) is 3.47. The average Bonchev–Trinajstić information content (AvgIpc) is 2.51. The number of nitrogens with zero attached hydrogens (tertiary/aromatic N) is 1. The number of rotatable bonds is 6. The summed E-state index contributed by atoms with van der Waals surface area (Å²) in [7, 11) is 0. The molecule has 2 atom stereocenters. The number of aromatic hydroxyl groups is 1. The van der Waals surface area contributed by atoms with Crippen molar-refractivity contribution in [3.63, 3.8) is 0 Å². The summed E-state index contributed by atoms with van der Waals surface area (Å²) >= 11 is 0. The lowest BCUT2D eigenvalue weighted by molar-refractivity contribution is 0.0101. The molecule has 5 heteroatoms. The Morgan fingerprint density at radius 1 is 1.08 bits per heavy atom. The fourth-order valence-electron chi connectivity index (χ4n) is 3.68. The molecule has 2 rings (SSSR count). The van der Waals surface area contributed by atoms with Gasteiger partial charge in [-0.2, -0.15) is 0 Å². The molecule has 0 radical (unpaired) electrons. The van der Waals surface area contributed by atoms with E-state index >= 15 is 0 Å². The van der Waals surface area contributed by atoms with Crippen LogP contribution >= 0.6 is 0 Å². The maximum absolute atomic E-state index is 11.6. The van der Waals surface area contributed by atoms with Gasteiger partial charge in [-0.1, -0.05) is 13.0 Å². The van der Waals surface area contributed by atoms with Crippen LogP contribution in [0.1, 0.15) is 52.7 Å². The van der Waals surface area contributed by atoms with E-state index in [9.17, 15) is 15.0 Å². The summed E-state index contributed by atoms with van der Waals surface area (Å²) in [6.07, 6.45) is 0.0808. The van der Waals surface area contributed by atoms with Gasteiger partial charge in [0.2, 0.25) is 5.56 Å². The van der Waals surface area contributed by atoms with Gasteiger partial charge >= 0.3 is 0 Å². The van der Waals surface area contributed by atoms with Crippen molar-refractivity contribution in [2.45, 2.75) is 65.3 Å². The molecule has 0 saturated carbocycles. The fourth-order valence-corrected chi connectivity index (χ4v) is 3.68. The summed E-state index contributed by atoms with van der Waals surface area (Å²) in [5, 5.41) is 21.8. The molecular formula is C19H28N2O3. The molecule has 1 heterocycles. The molecule has 0 aliphatic heterocycles. The molecule has 1 aromatic heterocycles. The van der Waals surface area contributed by atoms with Gasteiger partial charge < -0.3 is 15.2 Å². The number of phenols is 1. The minimum atomic E-state index is -0.714. The van der Waals surface area contributed by atoms with E-state index in [2.05, 4.69) is 44.5 Å². The highest BCUT2D eigenvalue weighted by atomic mass is 16.3. The number of aliphatic hydroxyl groups is 1. The maximum Gasteiger partial charge on any atom is 0.248 e. The zero-order chi connectivity index (χ0) is 18.0. The molecule has 24 heavy (non-hydrogen) atoms. The first-order valence-electron chi connectivity index (χ1n) is 8.58. The van der Waals surface area contributed by atoms with E-state index in [0.717, 1.165) is 12.0 Å². The molecule has 5 nitrogen and oxygen atoms in total. The molecule has 0 bridgehead atoms. The molecule has 0 saturated heterocycles. The Morgan fingerprint density at radius 3 is 2.25 bits per heavy atom. The molecule has 3 N–H and O–H groups in total. The van der Waals surface area contributed by atoms with Crippen molar-refractivity contribution in [1.29, 1.82) is 0 Å². The van der Waals surface area contributed by atoms with E-state index in [-0.39, 0.29) is 17.4 Å². The molecule has 0 spiro atoms. The largest absolute Gasteiger partial charge is 0.506 e. The van der Waals surface area contributed by atoms with Gasteiger partial charge in [-0.05, 0) is 51.8 Å². The van der Waals surface area contributed by atoms with Crippen molar-refractivity contribution < 1.29 is 10.2 Å². The summed E-state index contributed by atoms with van der Waals surface area (Å²) < 4.78 is 0. The summed E-state index contributed by atoms with van der Waals surface area (Å²) in [6, 6.07) is 6.89. The van der Waals surface area contributed by atoms with Crippen LogP contribution in [-0.2, 0) is 0 Å². The first-order valence-corrected chi connectivity index (χ1v) is 8.58. The molecule has 132 valence electrons. The van der Waals surface area contributed by atoms with Gasteiger partial charge in [-0.3, -0.25) is 9.69 Å². The predicted molar refractivity (Wildman–Crippen MR) is 97.4 cm³/mol. The van der Waals surface area contributed by atoms with E-state index in [4.69, 9.17) is 0 Å². The number of hydrogen-bond acceptors (Lipinski definition) is 4. The van der Waals surface area contributed by atoms with Crippen molar-refractivity contribution in [3.05, 3.63) is 40.2 Å². The highest BCUT2D eigenvalue weighted by Gasteiger charge is 2.30. The normalized spacial score (nSPS) is 14.7. The second-order valence-electron chi connectivity index (χ2n) is 6.84. The summed E-state index contributed by atoms with van der Waals surface area (Å²) in [6.45, 7) is 10.6. The Hall–Kier alpha value is -1.85. The number of fused-ring (bicyclic) bond motifs is 1. The first-order chi connectivity index (χ1) is 11.3. The smallest absolute Gasteiger partial charge is 0.248 e.